The minimum Gasteiger partial charge on any atom is -0.508 e. The monoisotopic (exact) mass is 259 g/mol. The molecule has 19 heavy (non-hydrogen) atoms. The van der Waals surface area contributed by atoms with E-state index in [1.807, 2.05) is 12.1 Å². The molecule has 0 radical (unpaired) electrons. The molecule has 2 atom stereocenters. The lowest BCUT2D eigenvalue weighted by atomic mass is 9.84. The maximum absolute atomic E-state index is 9.23. The van der Waals surface area contributed by atoms with E-state index in [1.165, 1.54) is 18.4 Å². The Balaban J connectivity index is 1.67. The van der Waals surface area contributed by atoms with Crippen molar-refractivity contribution in [3.63, 3.8) is 0 Å². The van der Waals surface area contributed by atoms with Crippen LogP contribution in [0.1, 0.15) is 32.3 Å². The highest BCUT2D eigenvalue weighted by Crippen LogP contribution is 2.27. The Hall–Kier alpha value is -1.28. The van der Waals surface area contributed by atoms with Crippen LogP contribution in [0, 0.1) is 11.8 Å². The van der Waals surface area contributed by atoms with E-state index >= 15 is 0 Å². The number of allylic oxidation sites excluding steroid dienone is 2. The van der Waals surface area contributed by atoms with Gasteiger partial charge in [-0.1, -0.05) is 30.7 Å². The van der Waals surface area contributed by atoms with Gasteiger partial charge in [0.25, 0.3) is 0 Å². The fourth-order valence-electron chi connectivity index (χ4n) is 3.04. The maximum Gasteiger partial charge on any atom is 0.115 e. The predicted molar refractivity (Wildman–Crippen MR) is 80.3 cm³/mol. The second kappa shape index (κ2) is 6.76. The van der Waals surface area contributed by atoms with Gasteiger partial charge in [0.05, 0.1) is 0 Å². The number of hydrogen-bond donors (Lipinski definition) is 2. The van der Waals surface area contributed by atoms with Crippen molar-refractivity contribution in [3.05, 3.63) is 41.5 Å². The molecule has 2 unspecified atom stereocenters. The number of rotatable bonds is 5. The lowest BCUT2D eigenvalue weighted by Gasteiger charge is -2.25. The maximum atomic E-state index is 9.23. The SMILES string of the molecule is CC1=CC(C)CC(CNCCc2ccc(O)cc2)C1. The number of benzene rings is 1. The van der Waals surface area contributed by atoms with Gasteiger partial charge in [0.2, 0.25) is 0 Å². The summed E-state index contributed by atoms with van der Waals surface area (Å²) in [7, 11) is 0. The zero-order chi connectivity index (χ0) is 13.7. The minimum absolute atomic E-state index is 0.343. The molecule has 0 aliphatic heterocycles. The van der Waals surface area contributed by atoms with Crippen molar-refractivity contribution in [2.75, 3.05) is 13.1 Å². The molecule has 2 rings (SSSR count). The van der Waals surface area contributed by atoms with Gasteiger partial charge in [-0.25, -0.2) is 0 Å². The largest absolute Gasteiger partial charge is 0.508 e. The summed E-state index contributed by atoms with van der Waals surface area (Å²) in [5.41, 5.74) is 2.82. The molecule has 2 nitrogen and oxygen atoms in total. The van der Waals surface area contributed by atoms with E-state index in [2.05, 4.69) is 25.2 Å². The Morgan fingerprint density at radius 2 is 2.00 bits per heavy atom. The fourth-order valence-corrected chi connectivity index (χ4v) is 3.04. The molecule has 0 heterocycles. The lowest BCUT2D eigenvalue weighted by Crippen LogP contribution is -2.27. The van der Waals surface area contributed by atoms with Crippen molar-refractivity contribution in [1.82, 2.24) is 5.32 Å². The van der Waals surface area contributed by atoms with Crippen LogP contribution in [0.3, 0.4) is 0 Å². The number of nitrogens with one attached hydrogen (secondary N) is 1. The molecule has 104 valence electrons. The van der Waals surface area contributed by atoms with Crippen LogP contribution in [-0.4, -0.2) is 18.2 Å². The summed E-state index contributed by atoms with van der Waals surface area (Å²) in [4.78, 5) is 0. The van der Waals surface area contributed by atoms with Gasteiger partial charge >= 0.3 is 0 Å². The Labute approximate surface area is 116 Å². The van der Waals surface area contributed by atoms with E-state index in [9.17, 15) is 5.11 Å². The van der Waals surface area contributed by atoms with Crippen molar-refractivity contribution in [2.24, 2.45) is 11.8 Å². The first-order chi connectivity index (χ1) is 9.13. The van der Waals surface area contributed by atoms with Crippen molar-refractivity contribution in [2.45, 2.75) is 33.1 Å². The third kappa shape index (κ3) is 4.71. The Kier molecular flexibility index (Phi) is 5.03. The van der Waals surface area contributed by atoms with Gasteiger partial charge in [0.15, 0.2) is 0 Å². The molecular weight excluding hydrogens is 234 g/mol. The van der Waals surface area contributed by atoms with Gasteiger partial charge < -0.3 is 10.4 Å². The molecule has 0 spiro atoms. The molecular formula is C17H25NO. The Morgan fingerprint density at radius 3 is 2.68 bits per heavy atom. The standard InChI is InChI=1S/C17H25NO/c1-13-9-14(2)11-16(10-13)12-18-8-7-15-3-5-17(19)6-4-15/h3-6,9,13,16,18-19H,7-8,10-12H2,1-2H3. The average Bonchev–Trinajstić information content (AvgIpc) is 2.36. The van der Waals surface area contributed by atoms with Crippen LogP contribution in [-0.2, 0) is 6.42 Å². The van der Waals surface area contributed by atoms with Crippen LogP contribution in [0.25, 0.3) is 0 Å². The summed E-state index contributed by atoms with van der Waals surface area (Å²) >= 11 is 0. The van der Waals surface area contributed by atoms with Gasteiger partial charge in [-0.3, -0.25) is 0 Å². The Morgan fingerprint density at radius 1 is 1.26 bits per heavy atom. The first-order valence-electron chi connectivity index (χ1n) is 7.29. The first kappa shape index (κ1) is 14.1. The second-order valence-corrected chi connectivity index (χ2v) is 5.92. The summed E-state index contributed by atoms with van der Waals surface area (Å²) in [6, 6.07) is 7.50. The number of aromatic hydroxyl groups is 1. The molecule has 0 amide bonds. The molecule has 2 N–H and O–H groups in total. The van der Waals surface area contributed by atoms with E-state index in [-0.39, 0.29) is 0 Å². The molecule has 1 aliphatic carbocycles. The first-order valence-corrected chi connectivity index (χ1v) is 7.29. The van der Waals surface area contributed by atoms with E-state index in [0.717, 1.165) is 31.3 Å². The third-order valence-corrected chi connectivity index (χ3v) is 3.84. The highest BCUT2D eigenvalue weighted by Gasteiger charge is 2.17. The molecule has 0 fully saturated rings. The number of phenols is 1. The molecule has 2 heteroatoms. The van der Waals surface area contributed by atoms with Crippen molar-refractivity contribution >= 4 is 0 Å². The highest BCUT2D eigenvalue weighted by molar-refractivity contribution is 5.25. The van der Waals surface area contributed by atoms with Crippen LogP contribution in [0.4, 0.5) is 0 Å². The minimum atomic E-state index is 0.343. The van der Waals surface area contributed by atoms with Gasteiger partial charge in [-0.2, -0.15) is 0 Å². The third-order valence-electron chi connectivity index (χ3n) is 3.84. The van der Waals surface area contributed by atoms with Crippen LogP contribution < -0.4 is 5.32 Å². The number of phenolic OH excluding ortho intramolecular Hbond substituents is 1. The number of hydrogen-bond acceptors (Lipinski definition) is 2. The zero-order valence-corrected chi connectivity index (χ0v) is 12.0. The second-order valence-electron chi connectivity index (χ2n) is 5.92. The van der Waals surface area contributed by atoms with Crippen LogP contribution >= 0.6 is 0 Å². The predicted octanol–water partition coefficient (Wildman–Crippen LogP) is 3.52. The summed E-state index contributed by atoms with van der Waals surface area (Å²) in [6.45, 7) is 6.69. The summed E-state index contributed by atoms with van der Waals surface area (Å²) in [6.07, 6.45) is 5.99. The van der Waals surface area contributed by atoms with Crippen molar-refractivity contribution < 1.29 is 5.11 Å². The van der Waals surface area contributed by atoms with Gasteiger partial charge in [0.1, 0.15) is 5.75 Å². The molecule has 0 saturated heterocycles. The molecule has 1 aromatic carbocycles. The highest BCUT2D eigenvalue weighted by atomic mass is 16.3. The van der Waals surface area contributed by atoms with Crippen LogP contribution in [0.15, 0.2) is 35.9 Å². The molecule has 0 bridgehead atoms. The van der Waals surface area contributed by atoms with Crippen LogP contribution in [0.5, 0.6) is 5.75 Å². The normalized spacial score (nSPS) is 23.2. The zero-order valence-electron chi connectivity index (χ0n) is 12.0. The van der Waals surface area contributed by atoms with Gasteiger partial charge in [0, 0.05) is 0 Å². The van der Waals surface area contributed by atoms with Crippen molar-refractivity contribution in [1.29, 1.82) is 0 Å². The molecule has 1 aliphatic rings. The fraction of sp³-hybridized carbons (Fsp3) is 0.529. The average molecular weight is 259 g/mol. The topological polar surface area (TPSA) is 32.3 Å². The van der Waals surface area contributed by atoms with Gasteiger partial charge in [-0.05, 0) is 68.8 Å². The van der Waals surface area contributed by atoms with Gasteiger partial charge in [-0.15, -0.1) is 0 Å². The van der Waals surface area contributed by atoms with E-state index < -0.39 is 0 Å². The lowest BCUT2D eigenvalue weighted by molar-refractivity contribution is 0.383. The van der Waals surface area contributed by atoms with E-state index in [0.29, 0.717) is 5.75 Å². The summed E-state index contributed by atoms with van der Waals surface area (Å²) in [5, 5.41) is 12.8. The van der Waals surface area contributed by atoms with E-state index in [4.69, 9.17) is 0 Å². The summed E-state index contributed by atoms with van der Waals surface area (Å²) < 4.78 is 0. The van der Waals surface area contributed by atoms with Crippen LogP contribution in [0.2, 0.25) is 0 Å². The molecule has 0 aromatic heterocycles. The van der Waals surface area contributed by atoms with E-state index in [1.54, 1.807) is 17.7 Å². The Bertz CT molecular complexity index is 421. The molecule has 1 aromatic rings. The quantitative estimate of drug-likeness (QED) is 0.626. The van der Waals surface area contributed by atoms with Crippen molar-refractivity contribution in [3.8, 4) is 5.75 Å². The smallest absolute Gasteiger partial charge is 0.115 e. The molecule has 0 saturated carbocycles. The summed E-state index contributed by atoms with van der Waals surface area (Å²) in [5.74, 6) is 1.87.